The average Bonchev–Trinajstić information content (AvgIpc) is 2.13. The van der Waals surface area contributed by atoms with Crippen molar-refractivity contribution in [1.29, 1.82) is 0 Å². The highest BCUT2D eigenvalue weighted by Crippen LogP contribution is 2.07. The minimum atomic E-state index is 1.07. The summed E-state index contributed by atoms with van der Waals surface area (Å²) in [6, 6.07) is 0. The van der Waals surface area contributed by atoms with Gasteiger partial charge < -0.3 is 0 Å². The Hall–Kier alpha value is -0.850. The van der Waals surface area contributed by atoms with Crippen molar-refractivity contribution in [2.45, 2.75) is 19.8 Å². The highest BCUT2D eigenvalue weighted by molar-refractivity contribution is 5.73. The predicted octanol–water partition coefficient (Wildman–Crippen LogP) is 2.31. The molecule has 1 nitrogen and oxygen atoms in total. The molecule has 0 atom stereocenters. The Balaban J connectivity index is 2.62. The number of rotatable bonds is 1. The number of nitrogens with zero attached hydrogens (tertiary/aromatic N) is 1. The number of hydrogen-bond donors (Lipinski definition) is 0. The van der Waals surface area contributed by atoms with Crippen molar-refractivity contribution in [3.05, 3.63) is 23.9 Å². The fraction of sp³-hybridized carbons (Fsp3) is 0.375. The van der Waals surface area contributed by atoms with E-state index in [9.17, 15) is 0 Å². The maximum Gasteiger partial charge on any atom is 0.0267 e. The van der Waals surface area contributed by atoms with Crippen molar-refractivity contribution in [2.24, 2.45) is 4.99 Å². The van der Waals surface area contributed by atoms with Crippen LogP contribution in [0.15, 0.2) is 28.9 Å². The first-order chi connectivity index (χ1) is 4.43. The van der Waals surface area contributed by atoms with Gasteiger partial charge in [0, 0.05) is 12.4 Å². The molecule has 1 aliphatic heterocycles. The normalized spacial score (nSPS) is 17.2. The average molecular weight is 121 g/mol. The standard InChI is InChI=1S/C8H11N/c1-2-8-4-3-6-9-7-5-8/h3,5-7H,2,4H2,1H3. The summed E-state index contributed by atoms with van der Waals surface area (Å²) < 4.78 is 0. The zero-order valence-electron chi connectivity index (χ0n) is 5.67. The Labute approximate surface area is 55.8 Å². The Kier molecular flexibility index (Phi) is 2.25. The maximum absolute atomic E-state index is 3.99. The van der Waals surface area contributed by atoms with E-state index in [1.807, 2.05) is 12.4 Å². The third kappa shape index (κ3) is 1.84. The number of aliphatic imine (C=N–C) groups is 1. The Bertz CT molecular complexity index is 163. The van der Waals surface area contributed by atoms with Crippen molar-refractivity contribution in [3.8, 4) is 0 Å². The predicted molar refractivity (Wildman–Crippen MR) is 40.6 cm³/mol. The number of hydrogen-bond acceptors (Lipinski definition) is 1. The van der Waals surface area contributed by atoms with E-state index in [-0.39, 0.29) is 0 Å². The van der Waals surface area contributed by atoms with E-state index in [1.54, 1.807) is 0 Å². The smallest absolute Gasteiger partial charge is 0.0267 e. The van der Waals surface area contributed by atoms with Gasteiger partial charge in [-0.1, -0.05) is 18.6 Å². The number of allylic oxidation sites excluding steroid dienone is 3. The van der Waals surface area contributed by atoms with E-state index in [4.69, 9.17) is 0 Å². The summed E-state index contributed by atoms with van der Waals surface area (Å²) in [5.74, 6) is 0. The molecule has 0 aliphatic carbocycles. The monoisotopic (exact) mass is 121 g/mol. The Morgan fingerprint density at radius 1 is 1.67 bits per heavy atom. The first-order valence-corrected chi connectivity index (χ1v) is 3.29. The lowest BCUT2D eigenvalue weighted by atomic mass is 10.1. The van der Waals surface area contributed by atoms with E-state index in [2.05, 4.69) is 24.1 Å². The minimum Gasteiger partial charge on any atom is -0.265 e. The summed E-state index contributed by atoms with van der Waals surface area (Å²) in [6.07, 6.45) is 10.1. The molecule has 1 rings (SSSR count). The van der Waals surface area contributed by atoms with Crippen LogP contribution in [0.4, 0.5) is 0 Å². The lowest BCUT2D eigenvalue weighted by Crippen LogP contribution is -1.76. The van der Waals surface area contributed by atoms with Crippen LogP contribution in [0.2, 0.25) is 0 Å². The largest absolute Gasteiger partial charge is 0.265 e. The van der Waals surface area contributed by atoms with Crippen LogP contribution in [0.25, 0.3) is 0 Å². The van der Waals surface area contributed by atoms with Gasteiger partial charge in [0.2, 0.25) is 0 Å². The van der Waals surface area contributed by atoms with Gasteiger partial charge in [0.1, 0.15) is 0 Å². The van der Waals surface area contributed by atoms with Gasteiger partial charge in [0.25, 0.3) is 0 Å². The molecule has 1 heteroatoms. The minimum absolute atomic E-state index is 1.07. The van der Waals surface area contributed by atoms with Crippen molar-refractivity contribution in [2.75, 3.05) is 0 Å². The molecular formula is C8H11N. The van der Waals surface area contributed by atoms with Gasteiger partial charge in [-0.3, -0.25) is 4.99 Å². The van der Waals surface area contributed by atoms with Crippen molar-refractivity contribution in [3.63, 3.8) is 0 Å². The lowest BCUT2D eigenvalue weighted by Gasteiger charge is -1.93. The molecule has 0 radical (unpaired) electrons. The summed E-state index contributed by atoms with van der Waals surface area (Å²) in [4.78, 5) is 3.99. The van der Waals surface area contributed by atoms with E-state index in [0.717, 1.165) is 12.8 Å². The highest BCUT2D eigenvalue weighted by atomic mass is 14.7. The third-order valence-electron chi connectivity index (χ3n) is 1.42. The van der Waals surface area contributed by atoms with Crippen LogP contribution in [0, 0.1) is 0 Å². The third-order valence-corrected chi connectivity index (χ3v) is 1.42. The zero-order chi connectivity index (χ0) is 6.53. The fourth-order valence-corrected chi connectivity index (χ4v) is 0.793. The molecule has 0 saturated heterocycles. The second kappa shape index (κ2) is 3.23. The fourth-order valence-electron chi connectivity index (χ4n) is 0.793. The van der Waals surface area contributed by atoms with Gasteiger partial charge in [-0.05, 0) is 18.9 Å². The summed E-state index contributed by atoms with van der Waals surface area (Å²) in [5, 5.41) is 0. The summed E-state index contributed by atoms with van der Waals surface area (Å²) in [7, 11) is 0. The van der Waals surface area contributed by atoms with E-state index >= 15 is 0 Å². The van der Waals surface area contributed by atoms with E-state index in [1.165, 1.54) is 5.57 Å². The van der Waals surface area contributed by atoms with Crippen LogP contribution >= 0.6 is 0 Å². The van der Waals surface area contributed by atoms with Crippen LogP contribution in [0.3, 0.4) is 0 Å². The highest BCUT2D eigenvalue weighted by Gasteiger charge is 1.89. The summed E-state index contributed by atoms with van der Waals surface area (Å²) in [5.41, 5.74) is 1.45. The molecule has 0 fully saturated rings. The quantitative estimate of drug-likeness (QED) is 0.504. The SMILES string of the molecule is CCC1=CC=NC=CC1. The van der Waals surface area contributed by atoms with Gasteiger partial charge in [-0.25, -0.2) is 0 Å². The lowest BCUT2D eigenvalue weighted by molar-refractivity contribution is 1.04. The van der Waals surface area contributed by atoms with Gasteiger partial charge in [-0.15, -0.1) is 0 Å². The Morgan fingerprint density at radius 3 is 3.33 bits per heavy atom. The first kappa shape index (κ1) is 6.27. The van der Waals surface area contributed by atoms with Gasteiger partial charge in [0.05, 0.1) is 0 Å². The molecule has 0 aromatic carbocycles. The topological polar surface area (TPSA) is 12.4 Å². The maximum atomic E-state index is 3.99. The van der Waals surface area contributed by atoms with E-state index < -0.39 is 0 Å². The van der Waals surface area contributed by atoms with Crippen molar-refractivity contribution >= 4 is 6.21 Å². The second-order valence-corrected chi connectivity index (χ2v) is 2.07. The van der Waals surface area contributed by atoms with Gasteiger partial charge in [0.15, 0.2) is 0 Å². The first-order valence-electron chi connectivity index (χ1n) is 3.29. The van der Waals surface area contributed by atoms with Crippen LogP contribution in [-0.2, 0) is 0 Å². The zero-order valence-corrected chi connectivity index (χ0v) is 5.67. The molecule has 0 amide bonds. The summed E-state index contributed by atoms with van der Waals surface area (Å²) >= 11 is 0. The molecule has 0 N–H and O–H groups in total. The molecule has 0 spiro atoms. The molecule has 0 bridgehead atoms. The molecule has 0 saturated carbocycles. The van der Waals surface area contributed by atoms with E-state index in [0.29, 0.717) is 0 Å². The summed E-state index contributed by atoms with van der Waals surface area (Å²) in [6.45, 7) is 2.17. The molecule has 1 heterocycles. The van der Waals surface area contributed by atoms with Crippen LogP contribution < -0.4 is 0 Å². The van der Waals surface area contributed by atoms with Gasteiger partial charge >= 0.3 is 0 Å². The van der Waals surface area contributed by atoms with Gasteiger partial charge in [-0.2, -0.15) is 0 Å². The van der Waals surface area contributed by atoms with Crippen LogP contribution in [0.5, 0.6) is 0 Å². The molecular weight excluding hydrogens is 110 g/mol. The molecule has 48 valence electrons. The molecule has 9 heavy (non-hydrogen) atoms. The second-order valence-electron chi connectivity index (χ2n) is 2.07. The molecule has 0 aromatic rings. The van der Waals surface area contributed by atoms with Crippen LogP contribution in [-0.4, -0.2) is 6.21 Å². The van der Waals surface area contributed by atoms with Crippen molar-refractivity contribution in [1.82, 2.24) is 0 Å². The molecule has 1 aliphatic rings. The molecule has 0 unspecified atom stereocenters. The van der Waals surface area contributed by atoms with Crippen LogP contribution in [0.1, 0.15) is 19.8 Å². The molecule has 0 aromatic heterocycles. The van der Waals surface area contributed by atoms with Crippen molar-refractivity contribution < 1.29 is 0 Å². The Morgan fingerprint density at radius 2 is 2.56 bits per heavy atom.